The topological polar surface area (TPSA) is 41.0 Å². The van der Waals surface area contributed by atoms with Crippen LogP contribution in [0.4, 0.5) is 0 Å². The van der Waals surface area contributed by atoms with Crippen molar-refractivity contribution in [3.8, 4) is 0 Å². The van der Waals surface area contributed by atoms with Crippen molar-refractivity contribution in [2.75, 3.05) is 20.1 Å². The maximum Gasteiger partial charge on any atom is 0.325 e. The number of aromatic nitrogens is 2. The van der Waals surface area contributed by atoms with Crippen LogP contribution >= 0.6 is 0 Å². The van der Waals surface area contributed by atoms with Gasteiger partial charge in [0.1, 0.15) is 0 Å². The largest absolute Gasteiger partial charge is 0.325 e. The lowest BCUT2D eigenvalue weighted by atomic mass is 9.94. The smallest absolute Gasteiger partial charge is 0.313 e. The van der Waals surface area contributed by atoms with E-state index in [0.29, 0.717) is 12.0 Å². The summed E-state index contributed by atoms with van der Waals surface area (Å²) < 4.78 is 1.83. The van der Waals surface area contributed by atoms with Gasteiger partial charge in [-0.05, 0) is 25.9 Å². The summed E-state index contributed by atoms with van der Waals surface area (Å²) in [6.45, 7) is 4.36. The minimum atomic E-state index is 0.0198. The van der Waals surface area contributed by atoms with Crippen LogP contribution in [-0.4, -0.2) is 34.6 Å². The van der Waals surface area contributed by atoms with Crippen molar-refractivity contribution in [3.63, 3.8) is 0 Å². The first-order chi connectivity index (χ1) is 6.68. The molecule has 2 heterocycles. The number of H-pyrrole nitrogens is 1. The Morgan fingerprint density at radius 3 is 2.93 bits per heavy atom. The minimum Gasteiger partial charge on any atom is -0.313 e. The van der Waals surface area contributed by atoms with Crippen LogP contribution in [0.1, 0.15) is 19.4 Å². The van der Waals surface area contributed by atoms with E-state index in [0.717, 1.165) is 19.5 Å². The zero-order chi connectivity index (χ0) is 10.1. The van der Waals surface area contributed by atoms with Gasteiger partial charge in [-0.2, -0.15) is 0 Å². The van der Waals surface area contributed by atoms with Crippen LogP contribution in [0.5, 0.6) is 0 Å². The normalized spacial score (nSPS) is 29.3. The average molecular weight is 195 g/mol. The number of imidazole rings is 1. The molecule has 0 bridgehead atoms. The number of aromatic amines is 1. The predicted octanol–water partition coefficient (Wildman–Crippen LogP) is 0.689. The SMILES string of the molecule is CC1CN(C)CCC1n1cc[nH]c1=O. The van der Waals surface area contributed by atoms with Crippen LogP contribution in [0, 0.1) is 5.92 Å². The lowest BCUT2D eigenvalue weighted by Gasteiger charge is -2.34. The van der Waals surface area contributed by atoms with Gasteiger partial charge in [0.25, 0.3) is 0 Å². The van der Waals surface area contributed by atoms with Gasteiger partial charge < -0.3 is 9.88 Å². The third-order valence-corrected chi connectivity index (χ3v) is 3.10. The molecule has 0 saturated carbocycles. The van der Waals surface area contributed by atoms with Crippen molar-refractivity contribution < 1.29 is 0 Å². The van der Waals surface area contributed by atoms with Gasteiger partial charge in [-0.3, -0.25) is 4.57 Å². The van der Waals surface area contributed by atoms with Crippen LogP contribution < -0.4 is 5.69 Å². The van der Waals surface area contributed by atoms with Crippen LogP contribution in [0.3, 0.4) is 0 Å². The van der Waals surface area contributed by atoms with Crippen molar-refractivity contribution in [2.24, 2.45) is 5.92 Å². The molecule has 4 heteroatoms. The Bertz CT molecular complexity index is 354. The van der Waals surface area contributed by atoms with Crippen molar-refractivity contribution >= 4 is 0 Å². The van der Waals surface area contributed by atoms with E-state index in [1.54, 1.807) is 6.20 Å². The van der Waals surface area contributed by atoms with E-state index >= 15 is 0 Å². The van der Waals surface area contributed by atoms with E-state index in [1.165, 1.54) is 0 Å². The van der Waals surface area contributed by atoms with Gasteiger partial charge in [0.05, 0.1) is 0 Å². The molecule has 0 spiro atoms. The second-order valence-corrected chi connectivity index (χ2v) is 4.27. The van der Waals surface area contributed by atoms with Crippen LogP contribution in [-0.2, 0) is 0 Å². The molecule has 0 aliphatic carbocycles. The summed E-state index contributed by atoms with van der Waals surface area (Å²) in [4.78, 5) is 16.4. The van der Waals surface area contributed by atoms with Gasteiger partial charge in [-0.15, -0.1) is 0 Å². The molecule has 1 aromatic heterocycles. The quantitative estimate of drug-likeness (QED) is 0.716. The summed E-state index contributed by atoms with van der Waals surface area (Å²) in [5.74, 6) is 0.544. The van der Waals surface area contributed by atoms with Gasteiger partial charge in [0.15, 0.2) is 0 Å². The summed E-state index contributed by atoms with van der Waals surface area (Å²) in [5, 5.41) is 0. The fourth-order valence-corrected chi connectivity index (χ4v) is 2.35. The molecule has 1 aliphatic rings. The molecule has 0 amide bonds. The number of rotatable bonds is 1. The summed E-state index contributed by atoms with van der Waals surface area (Å²) in [7, 11) is 2.13. The molecule has 78 valence electrons. The molecular formula is C10H17N3O. The second-order valence-electron chi connectivity index (χ2n) is 4.27. The highest BCUT2D eigenvalue weighted by atomic mass is 16.1. The molecule has 14 heavy (non-hydrogen) atoms. The van der Waals surface area contributed by atoms with Gasteiger partial charge in [-0.25, -0.2) is 4.79 Å². The molecule has 1 aliphatic heterocycles. The number of piperidine rings is 1. The fourth-order valence-electron chi connectivity index (χ4n) is 2.35. The Morgan fingerprint density at radius 2 is 2.36 bits per heavy atom. The number of nitrogens with one attached hydrogen (secondary N) is 1. The molecule has 1 aromatic rings. The van der Waals surface area contributed by atoms with E-state index in [-0.39, 0.29) is 5.69 Å². The second kappa shape index (κ2) is 3.61. The van der Waals surface area contributed by atoms with E-state index in [1.807, 2.05) is 10.8 Å². The van der Waals surface area contributed by atoms with E-state index in [2.05, 4.69) is 23.9 Å². The average Bonchev–Trinajstić information content (AvgIpc) is 2.52. The molecule has 4 nitrogen and oxygen atoms in total. The Labute approximate surface area is 83.5 Å². The standard InChI is InChI=1S/C10H17N3O/c1-8-7-12(2)5-3-9(8)13-6-4-11-10(13)14/h4,6,8-9H,3,5,7H2,1-2H3,(H,11,14). The maximum atomic E-state index is 11.4. The van der Waals surface area contributed by atoms with Gasteiger partial charge in [0.2, 0.25) is 0 Å². The van der Waals surface area contributed by atoms with Crippen LogP contribution in [0.15, 0.2) is 17.2 Å². The third-order valence-electron chi connectivity index (χ3n) is 3.10. The minimum absolute atomic E-state index is 0.0198. The number of hydrogen-bond donors (Lipinski definition) is 1. The Morgan fingerprint density at radius 1 is 1.57 bits per heavy atom. The number of likely N-dealkylation sites (tertiary alicyclic amines) is 1. The van der Waals surface area contributed by atoms with Gasteiger partial charge in [-0.1, -0.05) is 6.92 Å². The zero-order valence-electron chi connectivity index (χ0n) is 8.73. The third kappa shape index (κ3) is 1.62. The Hall–Kier alpha value is -1.03. The lowest BCUT2D eigenvalue weighted by Crippen LogP contribution is -2.40. The van der Waals surface area contributed by atoms with Crippen LogP contribution in [0.25, 0.3) is 0 Å². The van der Waals surface area contributed by atoms with Crippen LogP contribution in [0.2, 0.25) is 0 Å². The first kappa shape index (κ1) is 9.52. The van der Waals surface area contributed by atoms with E-state index in [4.69, 9.17) is 0 Å². The van der Waals surface area contributed by atoms with E-state index in [9.17, 15) is 4.79 Å². The molecular weight excluding hydrogens is 178 g/mol. The molecule has 1 N–H and O–H groups in total. The van der Waals surface area contributed by atoms with Gasteiger partial charge >= 0.3 is 5.69 Å². The van der Waals surface area contributed by atoms with Crippen molar-refractivity contribution in [1.29, 1.82) is 0 Å². The number of nitrogens with zero attached hydrogens (tertiary/aromatic N) is 2. The van der Waals surface area contributed by atoms with Crippen molar-refractivity contribution in [3.05, 3.63) is 22.9 Å². The molecule has 2 rings (SSSR count). The molecule has 1 saturated heterocycles. The summed E-state index contributed by atoms with van der Waals surface area (Å²) >= 11 is 0. The summed E-state index contributed by atoms with van der Waals surface area (Å²) in [6, 6.07) is 0.366. The Balaban J connectivity index is 2.20. The monoisotopic (exact) mass is 195 g/mol. The molecule has 0 aromatic carbocycles. The van der Waals surface area contributed by atoms with Crippen molar-refractivity contribution in [1.82, 2.24) is 14.5 Å². The molecule has 0 radical (unpaired) electrons. The Kier molecular flexibility index (Phi) is 2.46. The highest BCUT2D eigenvalue weighted by Crippen LogP contribution is 2.25. The fraction of sp³-hybridized carbons (Fsp3) is 0.700. The zero-order valence-corrected chi connectivity index (χ0v) is 8.73. The highest BCUT2D eigenvalue weighted by Gasteiger charge is 2.26. The number of hydrogen-bond acceptors (Lipinski definition) is 2. The van der Waals surface area contributed by atoms with Crippen molar-refractivity contribution in [2.45, 2.75) is 19.4 Å². The van der Waals surface area contributed by atoms with Gasteiger partial charge in [0, 0.05) is 25.0 Å². The molecule has 2 atom stereocenters. The van der Waals surface area contributed by atoms with E-state index < -0.39 is 0 Å². The summed E-state index contributed by atoms with van der Waals surface area (Å²) in [5.41, 5.74) is 0.0198. The first-order valence-electron chi connectivity index (χ1n) is 5.12. The maximum absolute atomic E-state index is 11.4. The molecule has 2 unspecified atom stereocenters. The predicted molar refractivity (Wildman–Crippen MR) is 55.4 cm³/mol. The molecule has 1 fully saturated rings. The highest BCUT2D eigenvalue weighted by molar-refractivity contribution is 4.87. The first-order valence-corrected chi connectivity index (χ1v) is 5.12. The summed E-state index contributed by atoms with van der Waals surface area (Å²) in [6.07, 6.45) is 4.64. The lowest BCUT2D eigenvalue weighted by molar-refractivity contribution is 0.157.